The van der Waals surface area contributed by atoms with Gasteiger partial charge in [-0.2, -0.15) is 4.98 Å². The smallest absolute Gasteiger partial charge is 0.293 e. The number of halogens is 2. The number of nitrogens with two attached hydrogens (primary N) is 1. The summed E-state index contributed by atoms with van der Waals surface area (Å²) in [6.07, 6.45) is 0. The molecule has 0 fully saturated rings. The lowest BCUT2D eigenvalue weighted by Crippen LogP contribution is -1.80. The van der Waals surface area contributed by atoms with E-state index in [1.165, 1.54) is 0 Å². The summed E-state index contributed by atoms with van der Waals surface area (Å²) in [6.45, 7) is 0. The van der Waals surface area contributed by atoms with E-state index in [0.29, 0.717) is 21.1 Å². The molecular weight excluding hydrogens is 199 g/mol. The van der Waals surface area contributed by atoms with E-state index in [1.807, 2.05) is 0 Å². The average Bonchev–Trinajstić information content (AvgIpc) is 2.39. The van der Waals surface area contributed by atoms with E-state index in [1.54, 1.807) is 12.1 Å². The molecule has 0 atom stereocenters. The van der Waals surface area contributed by atoms with Crippen LogP contribution in [-0.4, -0.2) is 4.98 Å². The number of fused-ring (bicyclic) bond motifs is 1. The number of hydrogen-bond acceptors (Lipinski definition) is 3. The van der Waals surface area contributed by atoms with Crippen LogP contribution in [0.1, 0.15) is 0 Å². The maximum Gasteiger partial charge on any atom is 0.293 e. The van der Waals surface area contributed by atoms with Crippen molar-refractivity contribution < 1.29 is 4.42 Å². The standard InChI is InChI=1S/C7H4Cl2N2O/c8-3-1-2-4-6(5(3)9)12-7(10)11-4/h1-2H,(H2,10,11). The van der Waals surface area contributed by atoms with Gasteiger partial charge < -0.3 is 10.2 Å². The molecule has 0 aliphatic rings. The van der Waals surface area contributed by atoms with Gasteiger partial charge in [-0.3, -0.25) is 0 Å². The highest BCUT2D eigenvalue weighted by Gasteiger charge is 2.09. The number of oxazole rings is 1. The van der Waals surface area contributed by atoms with E-state index in [4.69, 9.17) is 33.4 Å². The highest BCUT2D eigenvalue weighted by molar-refractivity contribution is 6.44. The van der Waals surface area contributed by atoms with Gasteiger partial charge in [-0.05, 0) is 12.1 Å². The fourth-order valence-corrected chi connectivity index (χ4v) is 1.30. The number of hydrogen-bond donors (Lipinski definition) is 1. The van der Waals surface area contributed by atoms with Crippen molar-refractivity contribution in [1.82, 2.24) is 4.98 Å². The first-order valence-electron chi connectivity index (χ1n) is 3.18. The minimum absolute atomic E-state index is 0.0918. The molecule has 2 N–H and O–H groups in total. The summed E-state index contributed by atoms with van der Waals surface area (Å²) < 4.78 is 5.03. The van der Waals surface area contributed by atoms with Gasteiger partial charge in [0, 0.05) is 0 Å². The molecule has 1 heterocycles. The Morgan fingerprint density at radius 3 is 2.83 bits per heavy atom. The van der Waals surface area contributed by atoms with Gasteiger partial charge in [0.05, 0.1) is 5.02 Å². The van der Waals surface area contributed by atoms with Crippen LogP contribution < -0.4 is 5.73 Å². The van der Waals surface area contributed by atoms with Crippen LogP contribution in [0.2, 0.25) is 10.0 Å². The normalized spacial score (nSPS) is 10.8. The maximum atomic E-state index is 5.82. The van der Waals surface area contributed by atoms with Crippen molar-refractivity contribution in [3.63, 3.8) is 0 Å². The number of nitrogen functional groups attached to an aromatic ring is 1. The summed E-state index contributed by atoms with van der Waals surface area (Å²) in [6, 6.07) is 3.44. The molecule has 0 saturated carbocycles. The molecule has 0 unspecified atom stereocenters. The van der Waals surface area contributed by atoms with Crippen LogP contribution in [0.25, 0.3) is 11.1 Å². The summed E-state index contributed by atoms with van der Waals surface area (Å²) >= 11 is 11.6. The summed E-state index contributed by atoms with van der Waals surface area (Å²) in [4.78, 5) is 3.88. The van der Waals surface area contributed by atoms with E-state index in [-0.39, 0.29) is 6.01 Å². The number of nitrogens with zero attached hydrogens (tertiary/aromatic N) is 1. The molecule has 1 aromatic carbocycles. The second-order valence-electron chi connectivity index (χ2n) is 2.26. The van der Waals surface area contributed by atoms with E-state index in [9.17, 15) is 0 Å². The molecule has 3 nitrogen and oxygen atoms in total. The second kappa shape index (κ2) is 2.54. The van der Waals surface area contributed by atoms with Gasteiger partial charge in [0.2, 0.25) is 0 Å². The fraction of sp³-hybridized carbons (Fsp3) is 0. The quantitative estimate of drug-likeness (QED) is 0.715. The molecule has 0 radical (unpaired) electrons. The first-order valence-corrected chi connectivity index (χ1v) is 3.94. The van der Waals surface area contributed by atoms with Gasteiger partial charge in [-0.1, -0.05) is 23.2 Å². The van der Waals surface area contributed by atoms with E-state index in [2.05, 4.69) is 4.98 Å². The molecule has 1 aromatic heterocycles. The zero-order valence-electron chi connectivity index (χ0n) is 5.84. The van der Waals surface area contributed by atoms with Crippen molar-refractivity contribution >= 4 is 40.3 Å². The van der Waals surface area contributed by atoms with Crippen LogP contribution >= 0.6 is 23.2 Å². The number of anilines is 1. The monoisotopic (exact) mass is 202 g/mol. The first-order chi connectivity index (χ1) is 5.68. The molecule has 0 spiro atoms. The Labute approximate surface area is 78.1 Å². The third kappa shape index (κ3) is 1.02. The van der Waals surface area contributed by atoms with E-state index in [0.717, 1.165) is 0 Å². The van der Waals surface area contributed by atoms with Gasteiger partial charge in [0.1, 0.15) is 10.5 Å². The Kier molecular flexibility index (Phi) is 1.63. The highest BCUT2D eigenvalue weighted by atomic mass is 35.5. The largest absolute Gasteiger partial charge is 0.422 e. The summed E-state index contributed by atoms with van der Waals surface area (Å²) in [5.74, 6) is 0. The zero-order chi connectivity index (χ0) is 8.72. The molecule has 12 heavy (non-hydrogen) atoms. The summed E-state index contributed by atoms with van der Waals surface area (Å²) in [7, 11) is 0. The van der Waals surface area contributed by atoms with Crippen LogP contribution in [0.3, 0.4) is 0 Å². The Morgan fingerprint density at radius 2 is 2.08 bits per heavy atom. The minimum Gasteiger partial charge on any atom is -0.422 e. The predicted octanol–water partition coefficient (Wildman–Crippen LogP) is 2.72. The SMILES string of the molecule is Nc1nc2ccc(Cl)c(Cl)c2o1. The van der Waals surface area contributed by atoms with Crippen LogP contribution in [0.15, 0.2) is 16.5 Å². The lowest BCUT2D eigenvalue weighted by atomic mass is 10.3. The molecule has 2 aromatic rings. The molecule has 0 bridgehead atoms. The lowest BCUT2D eigenvalue weighted by Gasteiger charge is -1.92. The average molecular weight is 203 g/mol. The second-order valence-corrected chi connectivity index (χ2v) is 3.05. The van der Waals surface area contributed by atoms with Gasteiger partial charge in [0.15, 0.2) is 5.58 Å². The highest BCUT2D eigenvalue weighted by Crippen LogP contribution is 2.31. The Morgan fingerprint density at radius 1 is 1.33 bits per heavy atom. The predicted molar refractivity (Wildman–Crippen MR) is 48.4 cm³/mol. The van der Waals surface area contributed by atoms with E-state index >= 15 is 0 Å². The van der Waals surface area contributed by atoms with Crippen molar-refractivity contribution in [3.05, 3.63) is 22.2 Å². The summed E-state index contributed by atoms with van der Waals surface area (Å²) in [5, 5.41) is 0.777. The lowest BCUT2D eigenvalue weighted by molar-refractivity contribution is 0.626. The molecule has 0 aliphatic carbocycles. The Balaban J connectivity index is 2.89. The summed E-state index contributed by atoms with van der Waals surface area (Å²) in [5.41, 5.74) is 6.37. The third-order valence-corrected chi connectivity index (χ3v) is 2.25. The van der Waals surface area contributed by atoms with Gasteiger partial charge in [-0.25, -0.2) is 0 Å². The van der Waals surface area contributed by atoms with Gasteiger partial charge in [-0.15, -0.1) is 0 Å². The Hall–Kier alpha value is -0.930. The zero-order valence-corrected chi connectivity index (χ0v) is 7.36. The number of aromatic nitrogens is 1. The van der Waals surface area contributed by atoms with Gasteiger partial charge >= 0.3 is 0 Å². The molecule has 0 aliphatic heterocycles. The molecule has 0 amide bonds. The van der Waals surface area contributed by atoms with Crippen molar-refractivity contribution in [3.8, 4) is 0 Å². The molecule has 62 valence electrons. The topological polar surface area (TPSA) is 52.0 Å². The molecule has 5 heteroatoms. The van der Waals surface area contributed by atoms with Crippen molar-refractivity contribution in [1.29, 1.82) is 0 Å². The van der Waals surface area contributed by atoms with Crippen LogP contribution in [0.4, 0.5) is 6.01 Å². The minimum atomic E-state index is 0.0918. The van der Waals surface area contributed by atoms with Crippen molar-refractivity contribution in [2.45, 2.75) is 0 Å². The van der Waals surface area contributed by atoms with Crippen LogP contribution in [-0.2, 0) is 0 Å². The van der Waals surface area contributed by atoms with Crippen LogP contribution in [0.5, 0.6) is 0 Å². The molecular formula is C7H4Cl2N2O. The number of benzene rings is 1. The molecule has 0 saturated heterocycles. The number of rotatable bonds is 0. The van der Waals surface area contributed by atoms with Crippen molar-refractivity contribution in [2.75, 3.05) is 5.73 Å². The van der Waals surface area contributed by atoms with Crippen molar-refractivity contribution in [2.24, 2.45) is 0 Å². The van der Waals surface area contributed by atoms with Gasteiger partial charge in [0.25, 0.3) is 6.01 Å². The molecule has 2 rings (SSSR count). The Bertz CT molecular complexity index is 438. The maximum absolute atomic E-state index is 5.82. The first kappa shape index (κ1) is 7.71. The fourth-order valence-electron chi connectivity index (χ4n) is 0.953. The third-order valence-electron chi connectivity index (χ3n) is 1.47. The van der Waals surface area contributed by atoms with Crippen LogP contribution in [0, 0.1) is 0 Å². The van der Waals surface area contributed by atoms with E-state index < -0.39 is 0 Å².